The molecule has 0 atom stereocenters. The highest BCUT2D eigenvalue weighted by atomic mass is 19.1. The average molecular weight is 274 g/mol. The van der Waals surface area contributed by atoms with Crippen LogP contribution in [0.3, 0.4) is 0 Å². The van der Waals surface area contributed by atoms with Gasteiger partial charge in [-0.05, 0) is 45.3 Å². The first kappa shape index (κ1) is 14.4. The van der Waals surface area contributed by atoms with E-state index in [1.807, 2.05) is 27.1 Å². The van der Waals surface area contributed by atoms with Crippen molar-refractivity contribution in [2.45, 2.75) is 6.92 Å². The fraction of sp³-hybridized carbons (Fsp3) is 0.333. The van der Waals surface area contributed by atoms with Crippen LogP contribution in [-0.2, 0) is 0 Å². The summed E-state index contributed by atoms with van der Waals surface area (Å²) in [4.78, 5) is 10.9. The second-order valence-electron chi connectivity index (χ2n) is 4.92. The fourth-order valence-electron chi connectivity index (χ4n) is 1.83. The lowest BCUT2D eigenvalue weighted by Gasteiger charge is -2.12. The van der Waals surface area contributed by atoms with Gasteiger partial charge in [-0.3, -0.25) is 0 Å². The van der Waals surface area contributed by atoms with E-state index in [0.717, 1.165) is 30.2 Å². The maximum absolute atomic E-state index is 13.0. The van der Waals surface area contributed by atoms with Gasteiger partial charge in [0, 0.05) is 24.7 Å². The topological polar surface area (TPSA) is 41.1 Å². The van der Waals surface area contributed by atoms with Gasteiger partial charge in [-0.2, -0.15) is 0 Å². The van der Waals surface area contributed by atoms with Crippen molar-refractivity contribution in [2.75, 3.05) is 32.5 Å². The van der Waals surface area contributed by atoms with Crippen molar-refractivity contribution in [3.05, 3.63) is 42.0 Å². The number of anilines is 1. The summed E-state index contributed by atoms with van der Waals surface area (Å²) in [6, 6.07) is 8.20. The monoisotopic (exact) mass is 274 g/mol. The van der Waals surface area contributed by atoms with E-state index in [0.29, 0.717) is 5.82 Å². The van der Waals surface area contributed by atoms with Crippen LogP contribution in [0, 0.1) is 12.7 Å². The van der Waals surface area contributed by atoms with E-state index in [9.17, 15) is 4.39 Å². The summed E-state index contributed by atoms with van der Waals surface area (Å²) in [5.41, 5.74) is 1.68. The second-order valence-corrected chi connectivity index (χ2v) is 4.92. The lowest BCUT2D eigenvalue weighted by molar-refractivity contribution is 0.425. The van der Waals surface area contributed by atoms with Crippen molar-refractivity contribution >= 4 is 5.82 Å². The molecule has 0 spiro atoms. The molecule has 0 saturated carbocycles. The highest BCUT2D eigenvalue weighted by molar-refractivity contribution is 5.62. The minimum atomic E-state index is -0.246. The lowest BCUT2D eigenvalue weighted by atomic mass is 10.1. The number of nitrogens with one attached hydrogen (secondary N) is 1. The van der Waals surface area contributed by atoms with Gasteiger partial charge in [0.1, 0.15) is 17.5 Å². The Morgan fingerprint density at radius 3 is 2.50 bits per heavy atom. The van der Waals surface area contributed by atoms with E-state index < -0.39 is 0 Å². The fourth-order valence-corrected chi connectivity index (χ4v) is 1.83. The molecule has 1 aromatic heterocycles. The molecule has 0 bridgehead atoms. The molecular formula is C15H19FN4. The van der Waals surface area contributed by atoms with Crippen LogP contribution in [0.25, 0.3) is 11.3 Å². The summed E-state index contributed by atoms with van der Waals surface area (Å²) in [7, 11) is 4.05. The maximum atomic E-state index is 13.0. The van der Waals surface area contributed by atoms with E-state index in [1.165, 1.54) is 12.1 Å². The van der Waals surface area contributed by atoms with E-state index >= 15 is 0 Å². The Balaban J connectivity index is 2.18. The Morgan fingerprint density at radius 1 is 1.15 bits per heavy atom. The molecule has 0 radical (unpaired) electrons. The smallest absolute Gasteiger partial charge is 0.130 e. The molecule has 1 aromatic carbocycles. The Morgan fingerprint density at radius 2 is 1.85 bits per heavy atom. The lowest BCUT2D eigenvalue weighted by Crippen LogP contribution is -2.21. The van der Waals surface area contributed by atoms with Crippen molar-refractivity contribution in [2.24, 2.45) is 0 Å². The summed E-state index contributed by atoms with van der Waals surface area (Å²) in [5, 5.41) is 3.27. The number of likely N-dealkylation sites (N-methyl/N-ethyl adjacent to an activating group) is 1. The molecule has 4 nitrogen and oxygen atoms in total. The summed E-state index contributed by atoms with van der Waals surface area (Å²) >= 11 is 0. The zero-order valence-electron chi connectivity index (χ0n) is 12.0. The molecule has 5 heteroatoms. The normalized spacial score (nSPS) is 10.8. The number of halogens is 1. The first-order valence-corrected chi connectivity index (χ1v) is 6.55. The first-order valence-electron chi connectivity index (χ1n) is 6.55. The van der Waals surface area contributed by atoms with Gasteiger partial charge < -0.3 is 10.2 Å². The predicted octanol–water partition coefficient (Wildman–Crippen LogP) is 2.56. The van der Waals surface area contributed by atoms with Gasteiger partial charge in [0.05, 0.1) is 5.69 Å². The minimum Gasteiger partial charge on any atom is -0.369 e. The van der Waals surface area contributed by atoms with Gasteiger partial charge in [0.2, 0.25) is 0 Å². The number of aromatic nitrogens is 2. The van der Waals surface area contributed by atoms with Crippen LogP contribution in [-0.4, -0.2) is 42.1 Å². The molecule has 0 saturated heterocycles. The summed E-state index contributed by atoms with van der Waals surface area (Å²) in [6.07, 6.45) is 0. The van der Waals surface area contributed by atoms with Crippen LogP contribution in [0.15, 0.2) is 30.3 Å². The predicted molar refractivity (Wildman–Crippen MR) is 79.2 cm³/mol. The van der Waals surface area contributed by atoms with Crippen molar-refractivity contribution in [3.63, 3.8) is 0 Å². The molecule has 0 unspecified atom stereocenters. The van der Waals surface area contributed by atoms with Crippen molar-refractivity contribution in [3.8, 4) is 11.3 Å². The largest absolute Gasteiger partial charge is 0.369 e. The van der Waals surface area contributed by atoms with Gasteiger partial charge >= 0.3 is 0 Å². The van der Waals surface area contributed by atoms with Crippen molar-refractivity contribution < 1.29 is 4.39 Å². The molecule has 1 heterocycles. The van der Waals surface area contributed by atoms with E-state index in [4.69, 9.17) is 0 Å². The zero-order chi connectivity index (χ0) is 14.5. The van der Waals surface area contributed by atoms with E-state index in [1.54, 1.807) is 12.1 Å². The Kier molecular flexibility index (Phi) is 4.63. The number of rotatable bonds is 5. The van der Waals surface area contributed by atoms with Crippen LogP contribution in [0.5, 0.6) is 0 Å². The van der Waals surface area contributed by atoms with Gasteiger partial charge in [-0.15, -0.1) is 0 Å². The van der Waals surface area contributed by atoms with Gasteiger partial charge in [0.25, 0.3) is 0 Å². The molecule has 2 aromatic rings. The molecule has 0 aliphatic carbocycles. The Labute approximate surface area is 118 Å². The van der Waals surface area contributed by atoms with E-state index in [2.05, 4.69) is 20.2 Å². The third-order valence-corrected chi connectivity index (χ3v) is 2.84. The zero-order valence-corrected chi connectivity index (χ0v) is 12.0. The summed E-state index contributed by atoms with van der Waals surface area (Å²) in [6.45, 7) is 3.59. The molecular weight excluding hydrogens is 255 g/mol. The quantitative estimate of drug-likeness (QED) is 0.910. The van der Waals surface area contributed by atoms with E-state index in [-0.39, 0.29) is 5.82 Å². The van der Waals surface area contributed by atoms with Crippen LogP contribution < -0.4 is 5.32 Å². The molecule has 1 N–H and O–H groups in total. The number of benzene rings is 1. The van der Waals surface area contributed by atoms with Crippen LogP contribution >= 0.6 is 0 Å². The summed E-state index contributed by atoms with van der Waals surface area (Å²) < 4.78 is 13.0. The first-order chi connectivity index (χ1) is 9.54. The molecule has 106 valence electrons. The van der Waals surface area contributed by atoms with Crippen LogP contribution in [0.1, 0.15) is 5.82 Å². The second kappa shape index (κ2) is 6.43. The highest BCUT2D eigenvalue weighted by Gasteiger charge is 2.04. The Bertz CT molecular complexity index is 567. The average Bonchev–Trinajstić information content (AvgIpc) is 2.38. The SMILES string of the molecule is Cc1nc(NCCN(C)C)cc(-c2ccc(F)cc2)n1. The maximum Gasteiger partial charge on any atom is 0.130 e. The third-order valence-electron chi connectivity index (χ3n) is 2.84. The molecule has 0 aliphatic rings. The van der Waals surface area contributed by atoms with Gasteiger partial charge in [-0.1, -0.05) is 0 Å². The molecule has 0 fully saturated rings. The summed E-state index contributed by atoms with van der Waals surface area (Å²) in [5.74, 6) is 1.24. The van der Waals surface area contributed by atoms with Crippen molar-refractivity contribution in [1.82, 2.24) is 14.9 Å². The highest BCUT2D eigenvalue weighted by Crippen LogP contribution is 2.20. The molecule has 0 amide bonds. The molecule has 20 heavy (non-hydrogen) atoms. The number of hydrogen-bond acceptors (Lipinski definition) is 4. The molecule has 0 aliphatic heterocycles. The van der Waals surface area contributed by atoms with Gasteiger partial charge in [-0.25, -0.2) is 14.4 Å². The van der Waals surface area contributed by atoms with Gasteiger partial charge in [0.15, 0.2) is 0 Å². The Hall–Kier alpha value is -2.01. The number of hydrogen-bond donors (Lipinski definition) is 1. The third kappa shape index (κ3) is 3.99. The van der Waals surface area contributed by atoms with Crippen LogP contribution in [0.4, 0.5) is 10.2 Å². The van der Waals surface area contributed by atoms with Crippen LogP contribution in [0.2, 0.25) is 0 Å². The number of aryl methyl sites for hydroxylation is 1. The molecule has 2 rings (SSSR count). The minimum absolute atomic E-state index is 0.246. The van der Waals surface area contributed by atoms with Crippen molar-refractivity contribution in [1.29, 1.82) is 0 Å². The number of nitrogens with zero attached hydrogens (tertiary/aromatic N) is 3. The standard InChI is InChI=1S/C15H19FN4/c1-11-18-14(12-4-6-13(16)7-5-12)10-15(19-11)17-8-9-20(2)3/h4-7,10H,8-9H2,1-3H3,(H,17,18,19).